The third-order valence-electron chi connectivity index (χ3n) is 2.55. The van der Waals surface area contributed by atoms with Gasteiger partial charge >= 0.3 is 0 Å². The number of anilines is 1. The molecule has 0 spiro atoms. The first-order valence-corrected chi connectivity index (χ1v) is 5.94. The Morgan fingerprint density at radius 1 is 1.26 bits per heavy atom. The van der Waals surface area contributed by atoms with E-state index in [0.717, 1.165) is 11.1 Å². The lowest BCUT2D eigenvalue weighted by atomic mass is 10.2. The minimum atomic E-state index is -0.138. The predicted molar refractivity (Wildman–Crippen MR) is 76.0 cm³/mol. The van der Waals surface area contributed by atoms with Gasteiger partial charge in [0.1, 0.15) is 0 Å². The van der Waals surface area contributed by atoms with Crippen molar-refractivity contribution in [3.63, 3.8) is 0 Å². The first kappa shape index (κ1) is 12.8. The van der Waals surface area contributed by atoms with E-state index >= 15 is 0 Å². The highest BCUT2D eigenvalue weighted by Gasteiger charge is 1.96. The molecule has 1 aromatic carbocycles. The van der Waals surface area contributed by atoms with Crippen molar-refractivity contribution in [2.24, 2.45) is 0 Å². The Labute approximate surface area is 112 Å². The summed E-state index contributed by atoms with van der Waals surface area (Å²) < 4.78 is 0. The Morgan fingerprint density at radius 3 is 2.74 bits per heavy atom. The molecule has 96 valence electrons. The number of nitrogens with one attached hydrogen (secondary N) is 1. The lowest BCUT2D eigenvalue weighted by molar-refractivity contribution is -0.116. The van der Waals surface area contributed by atoms with Crippen LogP contribution in [0.3, 0.4) is 0 Å². The van der Waals surface area contributed by atoms with Crippen LogP contribution in [-0.2, 0) is 11.3 Å². The number of aromatic nitrogens is 1. The molecule has 4 nitrogen and oxygen atoms in total. The van der Waals surface area contributed by atoms with Crippen LogP contribution in [0.15, 0.2) is 54.9 Å². The zero-order valence-corrected chi connectivity index (χ0v) is 10.4. The highest BCUT2D eigenvalue weighted by Crippen LogP contribution is 2.06. The Bertz CT molecular complexity index is 562. The summed E-state index contributed by atoms with van der Waals surface area (Å²) in [5.74, 6) is -0.138. The third kappa shape index (κ3) is 4.27. The van der Waals surface area contributed by atoms with Crippen LogP contribution < -0.4 is 11.1 Å². The molecule has 0 saturated carbocycles. The summed E-state index contributed by atoms with van der Waals surface area (Å²) in [5, 5.41) is 2.79. The second-order valence-electron chi connectivity index (χ2n) is 4.08. The highest BCUT2D eigenvalue weighted by molar-refractivity contribution is 5.91. The molecule has 0 unspecified atom stereocenters. The van der Waals surface area contributed by atoms with Gasteiger partial charge in [0.15, 0.2) is 0 Å². The van der Waals surface area contributed by atoms with Crippen LogP contribution in [-0.4, -0.2) is 10.9 Å². The number of nitrogens with zero attached hydrogens (tertiary/aromatic N) is 1. The van der Waals surface area contributed by atoms with E-state index in [0.29, 0.717) is 12.2 Å². The van der Waals surface area contributed by atoms with Crippen molar-refractivity contribution < 1.29 is 4.79 Å². The van der Waals surface area contributed by atoms with E-state index in [4.69, 9.17) is 5.73 Å². The normalized spacial score (nSPS) is 10.5. The Balaban J connectivity index is 1.86. The second-order valence-corrected chi connectivity index (χ2v) is 4.08. The number of hydrogen-bond donors (Lipinski definition) is 2. The van der Waals surface area contributed by atoms with Gasteiger partial charge in [0, 0.05) is 30.7 Å². The molecule has 0 atom stereocenters. The topological polar surface area (TPSA) is 68.0 Å². The summed E-state index contributed by atoms with van der Waals surface area (Å²) in [4.78, 5) is 15.6. The number of benzene rings is 1. The molecule has 1 amide bonds. The van der Waals surface area contributed by atoms with Crippen LogP contribution in [0, 0.1) is 0 Å². The molecule has 0 bridgehead atoms. The molecule has 2 aromatic rings. The molecular formula is C15H15N3O. The standard InChI is InChI=1S/C15H15N3O/c16-14-6-3-12(4-7-14)5-8-15(19)18-11-13-2-1-9-17-10-13/h1-10H,11,16H2,(H,18,19)/b8-5+. The van der Waals surface area contributed by atoms with Gasteiger partial charge in [0.05, 0.1) is 0 Å². The van der Waals surface area contributed by atoms with Gasteiger partial charge in [-0.15, -0.1) is 0 Å². The van der Waals surface area contributed by atoms with Crippen LogP contribution in [0.2, 0.25) is 0 Å². The Morgan fingerprint density at radius 2 is 2.05 bits per heavy atom. The number of hydrogen-bond acceptors (Lipinski definition) is 3. The summed E-state index contributed by atoms with van der Waals surface area (Å²) in [5.41, 5.74) is 8.20. The summed E-state index contributed by atoms with van der Waals surface area (Å²) >= 11 is 0. The summed E-state index contributed by atoms with van der Waals surface area (Å²) in [6, 6.07) is 11.1. The molecule has 4 heteroatoms. The van der Waals surface area contributed by atoms with Crippen molar-refractivity contribution in [2.75, 3.05) is 5.73 Å². The van der Waals surface area contributed by atoms with Crippen LogP contribution in [0.25, 0.3) is 6.08 Å². The van der Waals surface area contributed by atoms with Crippen LogP contribution >= 0.6 is 0 Å². The predicted octanol–water partition coefficient (Wildman–Crippen LogP) is 1.99. The van der Waals surface area contributed by atoms with E-state index in [1.807, 2.05) is 24.3 Å². The minimum absolute atomic E-state index is 0.138. The number of nitrogen functional groups attached to an aromatic ring is 1. The molecule has 1 heterocycles. The molecule has 1 aromatic heterocycles. The highest BCUT2D eigenvalue weighted by atomic mass is 16.1. The quantitative estimate of drug-likeness (QED) is 0.647. The first-order chi connectivity index (χ1) is 9.24. The maximum Gasteiger partial charge on any atom is 0.244 e. The molecule has 0 fully saturated rings. The largest absolute Gasteiger partial charge is 0.399 e. The van der Waals surface area contributed by atoms with Gasteiger partial charge in [0.2, 0.25) is 5.91 Å². The zero-order valence-electron chi connectivity index (χ0n) is 10.4. The fourth-order valence-electron chi connectivity index (χ4n) is 1.53. The lowest BCUT2D eigenvalue weighted by Gasteiger charge is -2.01. The van der Waals surface area contributed by atoms with Crippen molar-refractivity contribution in [1.29, 1.82) is 0 Å². The number of carbonyl (C=O) groups is 1. The minimum Gasteiger partial charge on any atom is -0.399 e. The van der Waals surface area contributed by atoms with E-state index in [1.165, 1.54) is 6.08 Å². The fraction of sp³-hybridized carbons (Fsp3) is 0.0667. The third-order valence-corrected chi connectivity index (χ3v) is 2.55. The lowest BCUT2D eigenvalue weighted by Crippen LogP contribution is -2.20. The van der Waals surface area contributed by atoms with Crippen LogP contribution in [0.4, 0.5) is 5.69 Å². The second kappa shape index (κ2) is 6.35. The van der Waals surface area contributed by atoms with Crippen LogP contribution in [0.1, 0.15) is 11.1 Å². The summed E-state index contributed by atoms with van der Waals surface area (Å²) in [6.07, 6.45) is 6.68. The summed E-state index contributed by atoms with van der Waals surface area (Å²) in [6.45, 7) is 0.471. The number of amides is 1. The van der Waals surface area contributed by atoms with E-state index in [9.17, 15) is 4.79 Å². The van der Waals surface area contributed by atoms with Crippen molar-refractivity contribution in [3.8, 4) is 0 Å². The number of pyridine rings is 1. The van der Waals surface area contributed by atoms with E-state index in [1.54, 1.807) is 30.6 Å². The van der Waals surface area contributed by atoms with Gasteiger partial charge in [0.25, 0.3) is 0 Å². The van der Waals surface area contributed by atoms with Crippen molar-refractivity contribution in [1.82, 2.24) is 10.3 Å². The fourth-order valence-corrected chi connectivity index (χ4v) is 1.53. The van der Waals surface area contributed by atoms with E-state index in [2.05, 4.69) is 10.3 Å². The smallest absolute Gasteiger partial charge is 0.244 e. The SMILES string of the molecule is Nc1ccc(/C=C/C(=O)NCc2cccnc2)cc1. The number of nitrogens with two attached hydrogens (primary N) is 1. The van der Waals surface area contributed by atoms with Gasteiger partial charge in [-0.1, -0.05) is 18.2 Å². The molecule has 0 aliphatic carbocycles. The summed E-state index contributed by atoms with van der Waals surface area (Å²) in [7, 11) is 0. The van der Waals surface area contributed by atoms with Crippen molar-refractivity contribution >= 4 is 17.7 Å². The Kier molecular flexibility index (Phi) is 4.29. The monoisotopic (exact) mass is 253 g/mol. The molecule has 19 heavy (non-hydrogen) atoms. The van der Waals surface area contributed by atoms with Crippen molar-refractivity contribution in [3.05, 3.63) is 66.0 Å². The molecule has 0 aliphatic heterocycles. The average Bonchev–Trinajstić information content (AvgIpc) is 2.45. The van der Waals surface area contributed by atoms with Gasteiger partial charge < -0.3 is 11.1 Å². The van der Waals surface area contributed by atoms with Gasteiger partial charge in [-0.05, 0) is 35.4 Å². The average molecular weight is 253 g/mol. The van der Waals surface area contributed by atoms with E-state index in [-0.39, 0.29) is 5.91 Å². The first-order valence-electron chi connectivity index (χ1n) is 5.94. The van der Waals surface area contributed by atoms with Gasteiger partial charge in [-0.2, -0.15) is 0 Å². The van der Waals surface area contributed by atoms with Gasteiger partial charge in [-0.3, -0.25) is 9.78 Å². The molecule has 0 saturated heterocycles. The molecule has 0 radical (unpaired) electrons. The number of carbonyl (C=O) groups excluding carboxylic acids is 1. The maximum absolute atomic E-state index is 11.6. The molecule has 3 N–H and O–H groups in total. The number of rotatable bonds is 4. The molecular weight excluding hydrogens is 238 g/mol. The Hall–Kier alpha value is -2.62. The zero-order chi connectivity index (χ0) is 13.5. The van der Waals surface area contributed by atoms with Crippen LogP contribution in [0.5, 0.6) is 0 Å². The van der Waals surface area contributed by atoms with Crippen molar-refractivity contribution in [2.45, 2.75) is 6.54 Å². The molecule has 0 aliphatic rings. The van der Waals surface area contributed by atoms with Gasteiger partial charge in [-0.25, -0.2) is 0 Å². The molecule has 2 rings (SSSR count). The van der Waals surface area contributed by atoms with E-state index < -0.39 is 0 Å². The maximum atomic E-state index is 11.6.